The van der Waals surface area contributed by atoms with Gasteiger partial charge in [0.15, 0.2) is 6.10 Å². The summed E-state index contributed by atoms with van der Waals surface area (Å²) >= 11 is 0. The molecule has 0 aromatic rings. The van der Waals surface area contributed by atoms with Gasteiger partial charge in [-0.2, -0.15) is 0 Å². The second kappa shape index (κ2) is 48.2. The summed E-state index contributed by atoms with van der Waals surface area (Å²) in [5.74, 6) is -0.596. The van der Waals surface area contributed by atoms with Gasteiger partial charge in [0.2, 0.25) is 0 Å². The van der Waals surface area contributed by atoms with Crippen LogP contribution in [0.1, 0.15) is 251 Å². The first-order valence-electron chi connectivity index (χ1n) is 24.7. The number of aliphatic hydroxyl groups is 1. The number of esters is 2. The van der Waals surface area contributed by atoms with E-state index in [9.17, 15) is 14.7 Å². The summed E-state index contributed by atoms with van der Waals surface area (Å²) in [4.78, 5) is 24.4. The van der Waals surface area contributed by atoms with Crippen LogP contribution in [0.15, 0.2) is 48.6 Å². The quantitative estimate of drug-likeness (QED) is 0.0377. The Balaban J connectivity index is 3.51. The van der Waals surface area contributed by atoms with Crippen molar-refractivity contribution in [1.29, 1.82) is 0 Å². The Morgan fingerprint density at radius 3 is 1.07 bits per heavy atom. The fourth-order valence-corrected chi connectivity index (χ4v) is 7.09. The van der Waals surface area contributed by atoms with Gasteiger partial charge in [0, 0.05) is 12.8 Å². The molecule has 0 aliphatic heterocycles. The molecule has 0 radical (unpaired) electrons. The molecule has 1 N–H and O–H groups in total. The van der Waals surface area contributed by atoms with Crippen LogP contribution in [-0.4, -0.2) is 36.4 Å². The van der Waals surface area contributed by atoms with Crippen LogP contribution in [0.3, 0.4) is 0 Å². The fraction of sp³-hybridized carbons (Fsp3) is 0.808. The van der Waals surface area contributed by atoms with E-state index in [1.165, 1.54) is 167 Å². The Morgan fingerprint density at radius 1 is 0.404 bits per heavy atom. The number of ether oxygens (including phenoxy) is 2. The molecule has 5 heteroatoms. The Labute approximate surface area is 354 Å². The summed E-state index contributed by atoms with van der Waals surface area (Å²) in [5, 5.41) is 9.61. The third kappa shape index (κ3) is 46.4. The highest BCUT2D eigenvalue weighted by atomic mass is 16.6. The van der Waals surface area contributed by atoms with E-state index in [1.807, 2.05) is 0 Å². The van der Waals surface area contributed by atoms with E-state index in [0.29, 0.717) is 12.8 Å². The fourth-order valence-electron chi connectivity index (χ4n) is 7.09. The Bertz CT molecular complexity index is 950. The van der Waals surface area contributed by atoms with Gasteiger partial charge in [-0.05, 0) is 77.0 Å². The Hall–Kier alpha value is -2.14. The van der Waals surface area contributed by atoms with Gasteiger partial charge in [-0.25, -0.2) is 0 Å². The van der Waals surface area contributed by atoms with Crippen molar-refractivity contribution in [2.24, 2.45) is 0 Å². The number of hydrogen-bond acceptors (Lipinski definition) is 5. The monoisotopic (exact) mass is 799 g/mol. The van der Waals surface area contributed by atoms with Gasteiger partial charge < -0.3 is 14.6 Å². The van der Waals surface area contributed by atoms with Gasteiger partial charge >= 0.3 is 11.9 Å². The smallest absolute Gasteiger partial charge is 0.306 e. The number of aliphatic hydroxyl groups excluding tert-OH is 1. The molecule has 332 valence electrons. The highest BCUT2D eigenvalue weighted by Gasteiger charge is 2.16. The molecule has 0 amide bonds. The molecule has 0 rings (SSSR count). The summed E-state index contributed by atoms with van der Waals surface area (Å²) < 4.78 is 10.7. The molecule has 1 unspecified atom stereocenters. The van der Waals surface area contributed by atoms with Crippen LogP contribution in [0.25, 0.3) is 0 Å². The largest absolute Gasteiger partial charge is 0.462 e. The van der Waals surface area contributed by atoms with Crippen LogP contribution in [0, 0.1) is 0 Å². The molecule has 57 heavy (non-hydrogen) atoms. The minimum atomic E-state index is -0.776. The molecule has 0 aliphatic carbocycles. The van der Waals surface area contributed by atoms with Gasteiger partial charge in [-0.1, -0.05) is 210 Å². The molecule has 0 aliphatic rings. The average Bonchev–Trinajstić information content (AvgIpc) is 3.21. The first-order valence-corrected chi connectivity index (χ1v) is 24.7. The predicted molar refractivity (Wildman–Crippen MR) is 247 cm³/mol. The standard InChI is InChI=1S/C52H94O5/c1-3-5-7-9-11-13-15-17-19-21-22-23-24-25-26-27-28-29-30-31-33-35-37-39-41-43-45-47-52(55)57-50(48-53)49-56-51(54)46-44-42-40-38-36-34-32-20-18-16-14-12-10-8-6-4-2/h15,17,20-22,24-25,32,50,53H,3-14,16,18-19,23,26-31,33-49H2,1-2H3/b17-15-,22-21-,25-24-,32-20-. The molecule has 0 aromatic heterocycles. The highest BCUT2D eigenvalue weighted by molar-refractivity contribution is 5.70. The molecule has 0 bridgehead atoms. The summed E-state index contributed by atoms with van der Waals surface area (Å²) in [7, 11) is 0. The maximum Gasteiger partial charge on any atom is 0.306 e. The zero-order valence-corrected chi connectivity index (χ0v) is 37.9. The van der Waals surface area contributed by atoms with Crippen molar-refractivity contribution >= 4 is 11.9 Å². The second-order valence-electron chi connectivity index (χ2n) is 16.5. The highest BCUT2D eigenvalue weighted by Crippen LogP contribution is 2.15. The van der Waals surface area contributed by atoms with Crippen molar-refractivity contribution in [3.63, 3.8) is 0 Å². The lowest BCUT2D eigenvalue weighted by atomic mass is 10.0. The molecular formula is C52H94O5. The molecule has 0 heterocycles. The summed E-state index contributed by atoms with van der Waals surface area (Å²) in [5.41, 5.74) is 0. The lowest BCUT2D eigenvalue weighted by Gasteiger charge is -2.15. The van der Waals surface area contributed by atoms with E-state index in [0.717, 1.165) is 57.8 Å². The third-order valence-corrected chi connectivity index (χ3v) is 10.8. The van der Waals surface area contributed by atoms with Gasteiger partial charge in [-0.15, -0.1) is 0 Å². The van der Waals surface area contributed by atoms with Crippen LogP contribution in [-0.2, 0) is 19.1 Å². The first-order chi connectivity index (χ1) is 28.1. The molecular weight excluding hydrogens is 705 g/mol. The SMILES string of the molecule is CCCCCCC/C=C\C/C=C\C/C=C\CCCCCCCCCCCCCCC(=O)OC(CO)COC(=O)CCCCCCC/C=C\CCCCCCCCC. The number of rotatable bonds is 45. The van der Waals surface area contributed by atoms with Crippen LogP contribution < -0.4 is 0 Å². The molecule has 0 spiro atoms. The molecule has 0 saturated heterocycles. The minimum absolute atomic E-state index is 0.0698. The van der Waals surface area contributed by atoms with Crippen LogP contribution in [0.5, 0.6) is 0 Å². The molecule has 1 atom stereocenters. The van der Waals surface area contributed by atoms with Crippen LogP contribution in [0.4, 0.5) is 0 Å². The number of hydrogen-bond donors (Lipinski definition) is 1. The summed E-state index contributed by atoms with van der Waals surface area (Å²) in [6, 6.07) is 0. The van der Waals surface area contributed by atoms with E-state index in [-0.39, 0.29) is 25.2 Å². The van der Waals surface area contributed by atoms with E-state index in [4.69, 9.17) is 9.47 Å². The molecule has 0 fully saturated rings. The lowest BCUT2D eigenvalue weighted by Crippen LogP contribution is -2.28. The van der Waals surface area contributed by atoms with E-state index < -0.39 is 6.10 Å². The van der Waals surface area contributed by atoms with Gasteiger partial charge in [0.05, 0.1) is 6.61 Å². The van der Waals surface area contributed by atoms with Crippen molar-refractivity contribution < 1.29 is 24.2 Å². The normalized spacial score (nSPS) is 12.5. The molecule has 0 aromatic carbocycles. The number of carbonyl (C=O) groups is 2. The second-order valence-corrected chi connectivity index (χ2v) is 16.5. The zero-order valence-electron chi connectivity index (χ0n) is 37.9. The third-order valence-electron chi connectivity index (χ3n) is 10.8. The van der Waals surface area contributed by atoms with Crippen molar-refractivity contribution in [2.75, 3.05) is 13.2 Å². The average molecular weight is 799 g/mol. The molecule has 0 saturated carbocycles. The van der Waals surface area contributed by atoms with E-state index >= 15 is 0 Å². The Morgan fingerprint density at radius 2 is 0.702 bits per heavy atom. The van der Waals surface area contributed by atoms with Crippen molar-refractivity contribution in [3.8, 4) is 0 Å². The van der Waals surface area contributed by atoms with Crippen LogP contribution >= 0.6 is 0 Å². The zero-order chi connectivity index (χ0) is 41.4. The number of carbonyl (C=O) groups excluding carboxylic acids is 2. The van der Waals surface area contributed by atoms with Crippen LogP contribution in [0.2, 0.25) is 0 Å². The van der Waals surface area contributed by atoms with Crippen molar-refractivity contribution in [3.05, 3.63) is 48.6 Å². The van der Waals surface area contributed by atoms with E-state index in [2.05, 4.69) is 62.5 Å². The maximum atomic E-state index is 12.3. The molecule has 5 nitrogen and oxygen atoms in total. The van der Waals surface area contributed by atoms with Gasteiger partial charge in [0.25, 0.3) is 0 Å². The predicted octanol–water partition coefficient (Wildman–Crippen LogP) is 16.1. The minimum Gasteiger partial charge on any atom is -0.462 e. The topological polar surface area (TPSA) is 72.8 Å². The first kappa shape index (κ1) is 54.9. The number of unbranched alkanes of at least 4 members (excludes halogenated alkanes) is 29. The lowest BCUT2D eigenvalue weighted by molar-refractivity contribution is -0.161. The number of allylic oxidation sites excluding steroid dienone is 8. The summed E-state index contributed by atoms with van der Waals surface area (Å²) in [6.45, 7) is 4.13. The van der Waals surface area contributed by atoms with Crippen molar-refractivity contribution in [2.45, 2.75) is 258 Å². The van der Waals surface area contributed by atoms with Gasteiger partial charge in [0.1, 0.15) is 6.61 Å². The maximum absolute atomic E-state index is 12.3. The van der Waals surface area contributed by atoms with Gasteiger partial charge in [-0.3, -0.25) is 9.59 Å². The van der Waals surface area contributed by atoms with Crippen molar-refractivity contribution in [1.82, 2.24) is 0 Å². The van der Waals surface area contributed by atoms with E-state index in [1.54, 1.807) is 0 Å². The Kier molecular flexibility index (Phi) is 46.4. The summed E-state index contributed by atoms with van der Waals surface area (Å²) in [6.07, 6.45) is 62.0.